The maximum absolute atomic E-state index is 12.6. The Balaban J connectivity index is 1.34. The molecule has 1 unspecified atom stereocenters. The van der Waals surface area contributed by atoms with Crippen LogP contribution in [0.5, 0.6) is 5.75 Å². The van der Waals surface area contributed by atoms with E-state index in [9.17, 15) is 4.79 Å². The van der Waals surface area contributed by atoms with Crippen LogP contribution in [0.1, 0.15) is 54.9 Å². The number of anilines is 1. The van der Waals surface area contributed by atoms with E-state index in [0.29, 0.717) is 24.7 Å². The fourth-order valence-electron chi connectivity index (χ4n) is 4.30. The highest BCUT2D eigenvalue weighted by atomic mass is 16.5. The molecule has 1 amide bonds. The average molecular weight is 403 g/mol. The molecule has 30 heavy (non-hydrogen) atoms. The monoisotopic (exact) mass is 403 g/mol. The molecule has 1 aliphatic carbocycles. The molecule has 5 rings (SSSR count). The number of aryl methyl sites for hydroxylation is 1. The van der Waals surface area contributed by atoms with Gasteiger partial charge in [-0.3, -0.25) is 4.79 Å². The van der Waals surface area contributed by atoms with Gasteiger partial charge in [-0.1, -0.05) is 36.3 Å². The summed E-state index contributed by atoms with van der Waals surface area (Å²) in [5, 5.41) is 4.26. The normalized spacial score (nSPS) is 19.9. The van der Waals surface area contributed by atoms with E-state index in [4.69, 9.17) is 14.2 Å². The molecule has 6 nitrogen and oxygen atoms in total. The number of ether oxygens (including phenoxy) is 1. The summed E-state index contributed by atoms with van der Waals surface area (Å²) in [5.74, 6) is 2.17. The highest BCUT2D eigenvalue weighted by Gasteiger charge is 2.51. The van der Waals surface area contributed by atoms with E-state index in [1.165, 1.54) is 11.1 Å². The van der Waals surface area contributed by atoms with E-state index in [2.05, 4.69) is 36.3 Å². The number of hydrogen-bond donors (Lipinski definition) is 0. The lowest BCUT2D eigenvalue weighted by Crippen LogP contribution is -2.24. The van der Waals surface area contributed by atoms with Crippen LogP contribution in [0.4, 0.5) is 5.69 Å². The van der Waals surface area contributed by atoms with Gasteiger partial charge in [-0.15, -0.1) is 0 Å². The number of rotatable bonds is 6. The van der Waals surface area contributed by atoms with E-state index in [1.807, 2.05) is 29.2 Å². The second kappa shape index (κ2) is 7.27. The van der Waals surface area contributed by atoms with Gasteiger partial charge in [0.1, 0.15) is 5.75 Å². The quantitative estimate of drug-likeness (QED) is 0.616. The predicted molar refractivity (Wildman–Crippen MR) is 113 cm³/mol. The Bertz CT molecular complexity index is 1050. The van der Waals surface area contributed by atoms with Gasteiger partial charge in [-0.25, -0.2) is 0 Å². The molecule has 1 saturated heterocycles. The number of methoxy groups -OCH3 is 1. The maximum Gasteiger partial charge on any atom is 0.237 e. The van der Waals surface area contributed by atoms with E-state index in [-0.39, 0.29) is 17.2 Å². The van der Waals surface area contributed by atoms with E-state index < -0.39 is 0 Å². The smallest absolute Gasteiger partial charge is 0.237 e. The van der Waals surface area contributed by atoms with Gasteiger partial charge in [0.15, 0.2) is 5.82 Å². The van der Waals surface area contributed by atoms with Crippen molar-refractivity contribution in [3.05, 3.63) is 71.4 Å². The van der Waals surface area contributed by atoms with Crippen LogP contribution in [-0.4, -0.2) is 29.7 Å². The Morgan fingerprint density at radius 3 is 2.50 bits per heavy atom. The third kappa shape index (κ3) is 3.16. The van der Waals surface area contributed by atoms with Crippen LogP contribution in [0.25, 0.3) is 0 Å². The van der Waals surface area contributed by atoms with E-state index in [0.717, 1.165) is 30.7 Å². The molecular formula is C24H25N3O3. The third-order valence-corrected chi connectivity index (χ3v) is 6.39. The predicted octanol–water partition coefficient (Wildman–Crippen LogP) is 4.24. The van der Waals surface area contributed by atoms with Crippen molar-refractivity contribution in [3.8, 4) is 5.75 Å². The fraction of sp³-hybridized carbons (Fsp3) is 0.375. The Labute approximate surface area is 175 Å². The van der Waals surface area contributed by atoms with Crippen LogP contribution in [0.3, 0.4) is 0 Å². The molecule has 2 heterocycles. The highest BCUT2D eigenvalue weighted by molar-refractivity contribution is 5.96. The van der Waals surface area contributed by atoms with Crippen molar-refractivity contribution in [2.75, 3.05) is 18.6 Å². The van der Waals surface area contributed by atoms with E-state index in [1.54, 1.807) is 7.11 Å². The summed E-state index contributed by atoms with van der Waals surface area (Å²) in [7, 11) is 1.66. The molecule has 0 radical (unpaired) electrons. The SMILES string of the molecule is CCc1ccc(N2CC(c3noc(C4(c5ccc(OC)cc5)CC4)n3)CC2=O)cc1. The van der Waals surface area contributed by atoms with Gasteiger partial charge in [-0.05, 0) is 54.7 Å². The third-order valence-electron chi connectivity index (χ3n) is 6.39. The van der Waals surface area contributed by atoms with Crippen molar-refractivity contribution in [1.82, 2.24) is 10.1 Å². The largest absolute Gasteiger partial charge is 0.497 e. The summed E-state index contributed by atoms with van der Waals surface area (Å²) >= 11 is 0. The van der Waals surface area contributed by atoms with Crippen LogP contribution in [0, 0.1) is 0 Å². The van der Waals surface area contributed by atoms with Crippen molar-refractivity contribution in [2.24, 2.45) is 0 Å². The van der Waals surface area contributed by atoms with Gasteiger partial charge in [0.25, 0.3) is 0 Å². The summed E-state index contributed by atoms with van der Waals surface area (Å²) < 4.78 is 11.0. The Hall–Kier alpha value is -3.15. The summed E-state index contributed by atoms with van der Waals surface area (Å²) in [4.78, 5) is 19.2. The van der Waals surface area contributed by atoms with Crippen LogP contribution >= 0.6 is 0 Å². The molecule has 0 spiro atoms. The lowest BCUT2D eigenvalue weighted by Gasteiger charge is -2.16. The average Bonchev–Trinajstić information content (AvgIpc) is 3.27. The second-order valence-electron chi connectivity index (χ2n) is 8.19. The van der Waals surface area contributed by atoms with Crippen molar-refractivity contribution in [2.45, 2.75) is 43.9 Å². The van der Waals surface area contributed by atoms with Gasteiger partial charge < -0.3 is 14.2 Å². The Morgan fingerprint density at radius 1 is 1.13 bits per heavy atom. The molecule has 0 N–H and O–H groups in total. The lowest BCUT2D eigenvalue weighted by molar-refractivity contribution is -0.117. The van der Waals surface area contributed by atoms with Gasteiger partial charge >= 0.3 is 0 Å². The first-order valence-corrected chi connectivity index (χ1v) is 10.5. The molecule has 3 aromatic rings. The van der Waals surface area contributed by atoms with Crippen molar-refractivity contribution < 1.29 is 14.1 Å². The number of benzene rings is 2. The first-order valence-electron chi connectivity index (χ1n) is 10.5. The summed E-state index contributed by atoms with van der Waals surface area (Å²) in [5.41, 5.74) is 3.16. The number of amides is 1. The Kier molecular flexibility index (Phi) is 4.57. The lowest BCUT2D eigenvalue weighted by atomic mass is 9.96. The first-order chi connectivity index (χ1) is 14.6. The number of nitrogens with zero attached hydrogens (tertiary/aromatic N) is 3. The zero-order chi connectivity index (χ0) is 20.7. The molecule has 2 aromatic carbocycles. The van der Waals surface area contributed by atoms with Crippen molar-refractivity contribution in [1.29, 1.82) is 0 Å². The molecular weight excluding hydrogens is 378 g/mol. The van der Waals surface area contributed by atoms with Gasteiger partial charge in [-0.2, -0.15) is 4.98 Å². The number of hydrogen-bond acceptors (Lipinski definition) is 5. The van der Waals surface area contributed by atoms with Gasteiger partial charge in [0.05, 0.1) is 12.5 Å². The highest BCUT2D eigenvalue weighted by Crippen LogP contribution is 2.53. The minimum Gasteiger partial charge on any atom is -0.497 e. The first kappa shape index (κ1) is 18.9. The number of carbonyl (C=O) groups is 1. The summed E-state index contributed by atoms with van der Waals surface area (Å²) in [6, 6.07) is 16.2. The van der Waals surface area contributed by atoms with Gasteiger partial charge in [0, 0.05) is 24.6 Å². The van der Waals surface area contributed by atoms with Gasteiger partial charge in [0.2, 0.25) is 11.8 Å². The zero-order valence-corrected chi connectivity index (χ0v) is 17.3. The van der Waals surface area contributed by atoms with Crippen molar-refractivity contribution in [3.63, 3.8) is 0 Å². The second-order valence-corrected chi connectivity index (χ2v) is 8.19. The molecule has 1 aliphatic heterocycles. The molecule has 154 valence electrons. The minimum atomic E-state index is -0.199. The molecule has 0 bridgehead atoms. The minimum absolute atomic E-state index is 0.0486. The molecule has 2 aliphatic rings. The summed E-state index contributed by atoms with van der Waals surface area (Å²) in [6.07, 6.45) is 3.36. The number of carbonyl (C=O) groups excluding carboxylic acids is 1. The molecule has 2 fully saturated rings. The number of aromatic nitrogens is 2. The molecule has 6 heteroatoms. The zero-order valence-electron chi connectivity index (χ0n) is 17.3. The fourth-order valence-corrected chi connectivity index (χ4v) is 4.30. The van der Waals surface area contributed by atoms with E-state index >= 15 is 0 Å². The van der Waals surface area contributed by atoms with Crippen LogP contribution < -0.4 is 9.64 Å². The van der Waals surface area contributed by atoms with Crippen LogP contribution in [-0.2, 0) is 16.6 Å². The maximum atomic E-state index is 12.6. The van der Waals surface area contributed by atoms with Crippen molar-refractivity contribution >= 4 is 11.6 Å². The molecule has 1 aromatic heterocycles. The van der Waals surface area contributed by atoms with Crippen LogP contribution in [0.2, 0.25) is 0 Å². The van der Waals surface area contributed by atoms with Crippen LogP contribution in [0.15, 0.2) is 53.1 Å². The summed E-state index contributed by atoms with van der Waals surface area (Å²) in [6.45, 7) is 2.71. The topological polar surface area (TPSA) is 68.5 Å². The Morgan fingerprint density at radius 2 is 1.87 bits per heavy atom. The molecule has 1 saturated carbocycles. The standard InChI is InChI=1S/C24H25N3O3/c1-3-16-4-8-19(9-5-16)27-15-17(14-21(27)28)22-25-23(30-26-22)24(12-13-24)18-6-10-20(29-2)11-7-18/h4-11,17H,3,12-15H2,1-2H3. The molecule has 1 atom stereocenters.